The monoisotopic (exact) mass is 283 g/mol. The van der Waals surface area contributed by atoms with Crippen molar-refractivity contribution in [2.24, 2.45) is 0 Å². The molecule has 100 valence electrons. The number of piperidine rings is 1. The predicted octanol–water partition coefficient (Wildman–Crippen LogP) is 3.52. The number of alkyl halides is 2. The molecule has 0 unspecified atom stereocenters. The van der Waals surface area contributed by atoms with Crippen LogP contribution in [0.25, 0.3) is 10.9 Å². The first kappa shape index (κ1) is 12.5. The van der Waals surface area contributed by atoms with Crippen LogP contribution in [0, 0.1) is 0 Å². The van der Waals surface area contributed by atoms with Gasteiger partial charge in [-0.1, -0.05) is 11.6 Å². The molecule has 3 rings (SSSR count). The van der Waals surface area contributed by atoms with Crippen molar-refractivity contribution in [3.05, 3.63) is 29.5 Å². The predicted molar refractivity (Wildman–Crippen MR) is 70.9 cm³/mol. The summed E-state index contributed by atoms with van der Waals surface area (Å²) in [5.74, 6) is -1.88. The van der Waals surface area contributed by atoms with E-state index in [0.717, 1.165) is 10.9 Å². The summed E-state index contributed by atoms with van der Waals surface area (Å²) < 4.78 is 26.4. The minimum absolute atomic E-state index is 0.140. The normalized spacial score (nSPS) is 18.8. The smallest absolute Gasteiger partial charge is 0.251 e. The van der Waals surface area contributed by atoms with Crippen LogP contribution in [0.15, 0.2) is 24.5 Å². The van der Waals surface area contributed by atoms with E-state index in [4.69, 9.17) is 11.6 Å². The van der Waals surface area contributed by atoms with E-state index in [1.165, 1.54) is 6.33 Å². The maximum absolute atomic E-state index is 13.2. The molecule has 1 saturated heterocycles. The Morgan fingerprint density at radius 3 is 2.63 bits per heavy atom. The standard InChI is InChI=1S/C13H12ClF2N3/c14-9-1-2-11-10(7-9)12(18-8-17-11)19-5-3-13(15,16)4-6-19/h1-2,7-8H,3-6H2. The van der Waals surface area contributed by atoms with E-state index in [2.05, 4.69) is 9.97 Å². The van der Waals surface area contributed by atoms with Crippen molar-refractivity contribution in [1.82, 2.24) is 9.97 Å². The van der Waals surface area contributed by atoms with Crippen molar-refractivity contribution < 1.29 is 8.78 Å². The molecule has 0 saturated carbocycles. The molecule has 0 aliphatic carbocycles. The Morgan fingerprint density at radius 2 is 1.89 bits per heavy atom. The molecule has 0 N–H and O–H groups in total. The van der Waals surface area contributed by atoms with Gasteiger partial charge in [0, 0.05) is 36.3 Å². The minimum Gasteiger partial charge on any atom is -0.356 e. The van der Waals surface area contributed by atoms with Gasteiger partial charge in [0.15, 0.2) is 0 Å². The van der Waals surface area contributed by atoms with Crippen molar-refractivity contribution in [3.8, 4) is 0 Å². The summed E-state index contributed by atoms with van der Waals surface area (Å²) in [5, 5.41) is 1.39. The fourth-order valence-corrected chi connectivity index (χ4v) is 2.49. The lowest BCUT2D eigenvalue weighted by Gasteiger charge is -2.33. The van der Waals surface area contributed by atoms with Crippen molar-refractivity contribution in [3.63, 3.8) is 0 Å². The van der Waals surface area contributed by atoms with Gasteiger partial charge in [-0.05, 0) is 18.2 Å². The van der Waals surface area contributed by atoms with Crippen molar-refractivity contribution in [2.75, 3.05) is 18.0 Å². The van der Waals surface area contributed by atoms with Crippen LogP contribution in [0.4, 0.5) is 14.6 Å². The molecule has 0 spiro atoms. The lowest BCUT2D eigenvalue weighted by molar-refractivity contribution is -0.0221. The number of anilines is 1. The second-order valence-electron chi connectivity index (χ2n) is 4.70. The summed E-state index contributed by atoms with van der Waals surface area (Å²) in [6.07, 6.45) is 1.18. The lowest BCUT2D eigenvalue weighted by atomic mass is 10.1. The first-order valence-corrected chi connectivity index (χ1v) is 6.46. The molecule has 3 nitrogen and oxygen atoms in total. The van der Waals surface area contributed by atoms with Crippen LogP contribution < -0.4 is 4.90 Å². The number of benzene rings is 1. The molecule has 1 fully saturated rings. The van der Waals surface area contributed by atoms with E-state index in [1.807, 2.05) is 4.90 Å². The van der Waals surface area contributed by atoms with Crippen LogP contribution in [0.2, 0.25) is 5.02 Å². The van der Waals surface area contributed by atoms with E-state index in [1.54, 1.807) is 18.2 Å². The number of aromatic nitrogens is 2. The molecule has 1 aliphatic rings. The van der Waals surface area contributed by atoms with Crippen molar-refractivity contribution >= 4 is 28.3 Å². The maximum atomic E-state index is 13.2. The highest BCUT2D eigenvalue weighted by Gasteiger charge is 2.34. The molecule has 19 heavy (non-hydrogen) atoms. The highest BCUT2D eigenvalue weighted by atomic mass is 35.5. The van der Waals surface area contributed by atoms with Gasteiger partial charge in [-0.3, -0.25) is 0 Å². The number of halogens is 3. The van der Waals surface area contributed by atoms with E-state index in [9.17, 15) is 8.78 Å². The zero-order valence-electron chi connectivity index (χ0n) is 10.1. The van der Waals surface area contributed by atoms with Gasteiger partial charge in [0.05, 0.1) is 5.52 Å². The average molecular weight is 284 g/mol. The third kappa shape index (κ3) is 2.47. The average Bonchev–Trinajstić information content (AvgIpc) is 2.38. The first-order chi connectivity index (χ1) is 9.05. The Labute approximate surface area is 114 Å². The third-order valence-electron chi connectivity index (χ3n) is 3.37. The number of hydrogen-bond acceptors (Lipinski definition) is 3. The maximum Gasteiger partial charge on any atom is 0.251 e. The SMILES string of the molecule is FC1(F)CCN(c2ncnc3ccc(Cl)cc23)CC1. The molecule has 1 aromatic heterocycles. The highest BCUT2D eigenvalue weighted by molar-refractivity contribution is 6.31. The molecule has 2 aromatic rings. The Bertz CT molecular complexity index is 608. The van der Waals surface area contributed by atoms with Crippen molar-refractivity contribution in [2.45, 2.75) is 18.8 Å². The van der Waals surface area contributed by atoms with Gasteiger partial charge in [0.2, 0.25) is 0 Å². The molecule has 0 atom stereocenters. The van der Waals surface area contributed by atoms with Gasteiger partial charge in [-0.25, -0.2) is 18.7 Å². The molecule has 0 bridgehead atoms. The summed E-state index contributed by atoms with van der Waals surface area (Å²) >= 11 is 5.98. The summed E-state index contributed by atoms with van der Waals surface area (Å²) in [6, 6.07) is 5.34. The molecule has 1 aromatic carbocycles. The number of fused-ring (bicyclic) bond motifs is 1. The third-order valence-corrected chi connectivity index (χ3v) is 3.61. The van der Waals surface area contributed by atoms with E-state index in [0.29, 0.717) is 23.9 Å². The zero-order chi connectivity index (χ0) is 13.5. The minimum atomic E-state index is -2.56. The molecule has 2 heterocycles. The molecular formula is C13H12ClF2N3. The zero-order valence-corrected chi connectivity index (χ0v) is 10.9. The van der Waals surface area contributed by atoms with E-state index < -0.39 is 5.92 Å². The Hall–Kier alpha value is -1.49. The Kier molecular flexibility index (Phi) is 3.01. The van der Waals surface area contributed by atoms with Crippen LogP contribution in [-0.2, 0) is 0 Å². The largest absolute Gasteiger partial charge is 0.356 e. The van der Waals surface area contributed by atoms with E-state index >= 15 is 0 Å². The molecule has 1 aliphatic heterocycles. The second kappa shape index (κ2) is 4.56. The number of nitrogens with zero attached hydrogens (tertiary/aromatic N) is 3. The number of hydrogen-bond donors (Lipinski definition) is 0. The van der Waals surface area contributed by atoms with Crippen LogP contribution in [0.5, 0.6) is 0 Å². The van der Waals surface area contributed by atoms with Crippen molar-refractivity contribution in [1.29, 1.82) is 0 Å². The lowest BCUT2D eigenvalue weighted by Crippen LogP contribution is -2.39. The molecular weight excluding hydrogens is 272 g/mol. The summed E-state index contributed by atoms with van der Waals surface area (Å²) in [6.45, 7) is 0.594. The van der Waals surface area contributed by atoms with Crippen LogP contribution >= 0.6 is 11.6 Å². The Morgan fingerprint density at radius 1 is 1.16 bits per heavy atom. The molecule has 0 amide bonds. The summed E-state index contributed by atoms with van der Waals surface area (Å²) in [5.41, 5.74) is 0.770. The van der Waals surface area contributed by atoms with E-state index in [-0.39, 0.29) is 12.8 Å². The molecule has 0 radical (unpaired) electrons. The van der Waals surface area contributed by atoms with Gasteiger partial charge in [0.25, 0.3) is 5.92 Å². The second-order valence-corrected chi connectivity index (χ2v) is 5.14. The van der Waals surface area contributed by atoms with Gasteiger partial charge in [-0.2, -0.15) is 0 Å². The fourth-order valence-electron chi connectivity index (χ4n) is 2.31. The molecule has 6 heteroatoms. The number of rotatable bonds is 1. The first-order valence-electron chi connectivity index (χ1n) is 6.08. The van der Waals surface area contributed by atoms with Gasteiger partial charge >= 0.3 is 0 Å². The highest BCUT2D eigenvalue weighted by Crippen LogP contribution is 2.32. The summed E-state index contributed by atoms with van der Waals surface area (Å²) in [4.78, 5) is 10.3. The van der Waals surface area contributed by atoms with Gasteiger partial charge in [-0.15, -0.1) is 0 Å². The van der Waals surface area contributed by atoms with Crippen LogP contribution in [-0.4, -0.2) is 29.0 Å². The van der Waals surface area contributed by atoms with Gasteiger partial charge < -0.3 is 4.90 Å². The van der Waals surface area contributed by atoms with Crippen LogP contribution in [0.1, 0.15) is 12.8 Å². The fraction of sp³-hybridized carbons (Fsp3) is 0.385. The Balaban J connectivity index is 1.99. The quantitative estimate of drug-likeness (QED) is 0.802. The van der Waals surface area contributed by atoms with Crippen LogP contribution in [0.3, 0.4) is 0 Å². The van der Waals surface area contributed by atoms with Gasteiger partial charge in [0.1, 0.15) is 12.1 Å². The summed E-state index contributed by atoms with van der Waals surface area (Å²) in [7, 11) is 0. The topological polar surface area (TPSA) is 29.0 Å².